The van der Waals surface area contributed by atoms with Crippen molar-refractivity contribution >= 4 is 44.9 Å². The van der Waals surface area contributed by atoms with Crippen molar-refractivity contribution in [3.8, 4) is 5.75 Å². The van der Waals surface area contributed by atoms with E-state index in [2.05, 4.69) is 10.3 Å². The molecule has 8 heteroatoms. The summed E-state index contributed by atoms with van der Waals surface area (Å²) in [7, 11) is 0. The summed E-state index contributed by atoms with van der Waals surface area (Å²) in [6.07, 6.45) is 3.01. The summed E-state index contributed by atoms with van der Waals surface area (Å²) < 4.78 is 16.8. The highest BCUT2D eigenvalue weighted by atomic mass is 32.1. The third-order valence-corrected chi connectivity index (χ3v) is 6.91. The Morgan fingerprint density at radius 2 is 2.06 bits per heavy atom. The summed E-state index contributed by atoms with van der Waals surface area (Å²) in [5.74, 6) is 0.656. The van der Waals surface area contributed by atoms with Gasteiger partial charge in [-0.15, -0.1) is 11.3 Å². The SMILES string of the molecule is CCOC(=O)C1CCc2sc(NC(=O)/C=C(\C)c3cc4c(C)c(C)oc4cc3OCC)nc21. The van der Waals surface area contributed by atoms with Crippen molar-refractivity contribution in [2.45, 2.75) is 53.4 Å². The van der Waals surface area contributed by atoms with Crippen LogP contribution in [0, 0.1) is 13.8 Å². The number of hydrogen-bond acceptors (Lipinski definition) is 7. The Balaban J connectivity index is 1.57. The Kier molecular flexibility index (Phi) is 6.56. The van der Waals surface area contributed by atoms with Crippen molar-refractivity contribution in [1.82, 2.24) is 4.98 Å². The van der Waals surface area contributed by atoms with Crippen LogP contribution in [0.5, 0.6) is 5.75 Å². The van der Waals surface area contributed by atoms with Gasteiger partial charge in [-0.1, -0.05) is 0 Å². The number of allylic oxidation sites excluding steroid dienone is 1. The van der Waals surface area contributed by atoms with Crippen LogP contribution in [0.4, 0.5) is 5.13 Å². The van der Waals surface area contributed by atoms with E-state index in [1.807, 2.05) is 39.8 Å². The fourth-order valence-electron chi connectivity index (χ4n) is 4.12. The van der Waals surface area contributed by atoms with Gasteiger partial charge < -0.3 is 13.9 Å². The van der Waals surface area contributed by atoms with Crippen LogP contribution in [0.15, 0.2) is 22.6 Å². The quantitative estimate of drug-likeness (QED) is 0.362. The predicted octanol–water partition coefficient (Wildman–Crippen LogP) is 5.54. The summed E-state index contributed by atoms with van der Waals surface area (Å²) >= 11 is 1.41. The second-order valence-electron chi connectivity index (χ2n) is 8.05. The number of esters is 1. The molecule has 7 nitrogen and oxygen atoms in total. The number of fused-ring (bicyclic) bond motifs is 2. The van der Waals surface area contributed by atoms with Gasteiger partial charge in [-0.3, -0.25) is 14.9 Å². The second kappa shape index (κ2) is 9.39. The zero-order chi connectivity index (χ0) is 23.7. The number of thiazole rings is 1. The molecular formula is C25H28N2O5S. The number of rotatable bonds is 7. The third kappa shape index (κ3) is 4.53. The highest BCUT2D eigenvalue weighted by Gasteiger charge is 2.33. The van der Waals surface area contributed by atoms with E-state index in [0.717, 1.165) is 50.4 Å². The maximum Gasteiger partial charge on any atom is 0.315 e. The first-order chi connectivity index (χ1) is 15.8. The number of carbonyl (C=O) groups excluding carboxylic acids is 2. The first-order valence-corrected chi connectivity index (χ1v) is 12.0. The molecule has 33 heavy (non-hydrogen) atoms. The lowest BCUT2D eigenvalue weighted by Crippen LogP contribution is -2.14. The molecule has 0 spiro atoms. The van der Waals surface area contributed by atoms with Gasteiger partial charge in [0, 0.05) is 28.0 Å². The summed E-state index contributed by atoms with van der Waals surface area (Å²) in [5, 5.41) is 4.34. The normalized spacial score (nSPS) is 15.5. The largest absolute Gasteiger partial charge is 0.493 e. The van der Waals surface area contributed by atoms with Crippen LogP contribution in [0.2, 0.25) is 0 Å². The summed E-state index contributed by atoms with van der Waals surface area (Å²) in [5.41, 5.74) is 4.17. The molecule has 1 aliphatic carbocycles. The molecule has 1 amide bonds. The lowest BCUT2D eigenvalue weighted by Gasteiger charge is -2.11. The second-order valence-corrected chi connectivity index (χ2v) is 9.13. The Morgan fingerprint density at radius 3 is 2.79 bits per heavy atom. The molecule has 0 saturated carbocycles. The van der Waals surface area contributed by atoms with Crippen LogP contribution in [-0.4, -0.2) is 30.1 Å². The molecule has 1 aliphatic rings. The maximum atomic E-state index is 12.8. The van der Waals surface area contributed by atoms with E-state index in [4.69, 9.17) is 13.9 Å². The Hall–Kier alpha value is -3.13. The molecule has 0 bridgehead atoms. The summed E-state index contributed by atoms with van der Waals surface area (Å²) in [4.78, 5) is 30.5. The summed E-state index contributed by atoms with van der Waals surface area (Å²) in [6, 6.07) is 3.89. The van der Waals surface area contributed by atoms with Gasteiger partial charge in [0.1, 0.15) is 23.0 Å². The van der Waals surface area contributed by atoms with Gasteiger partial charge in [0.15, 0.2) is 5.13 Å². The molecular weight excluding hydrogens is 440 g/mol. The molecule has 0 saturated heterocycles. The molecule has 1 unspecified atom stereocenters. The minimum absolute atomic E-state index is 0.251. The zero-order valence-corrected chi connectivity index (χ0v) is 20.4. The van der Waals surface area contributed by atoms with Crippen LogP contribution in [-0.2, 0) is 20.7 Å². The van der Waals surface area contributed by atoms with Crippen molar-refractivity contribution in [3.05, 3.63) is 45.7 Å². The fraction of sp³-hybridized carbons (Fsp3) is 0.400. The van der Waals surface area contributed by atoms with Crippen molar-refractivity contribution in [1.29, 1.82) is 0 Å². The van der Waals surface area contributed by atoms with E-state index in [9.17, 15) is 9.59 Å². The molecule has 3 aromatic rings. The smallest absolute Gasteiger partial charge is 0.315 e. The number of amides is 1. The monoisotopic (exact) mass is 468 g/mol. The van der Waals surface area contributed by atoms with Gasteiger partial charge in [0.2, 0.25) is 5.91 Å². The fourth-order valence-corrected chi connectivity index (χ4v) is 5.16. The van der Waals surface area contributed by atoms with Crippen molar-refractivity contribution < 1.29 is 23.5 Å². The lowest BCUT2D eigenvalue weighted by atomic mass is 10.0. The van der Waals surface area contributed by atoms with Crippen LogP contribution in [0.3, 0.4) is 0 Å². The van der Waals surface area contributed by atoms with Gasteiger partial charge in [-0.25, -0.2) is 4.98 Å². The van der Waals surface area contributed by atoms with Gasteiger partial charge in [0.25, 0.3) is 0 Å². The van der Waals surface area contributed by atoms with Crippen LogP contribution >= 0.6 is 11.3 Å². The number of hydrogen-bond donors (Lipinski definition) is 1. The highest BCUT2D eigenvalue weighted by Crippen LogP contribution is 2.39. The standard InChI is InChI=1S/C25H28N2O5S/c1-6-30-19-12-20-18(14(4)15(5)32-20)11-17(19)13(3)10-22(28)26-25-27-23-16(24(29)31-7-2)8-9-21(23)33-25/h10-12,16H,6-9H2,1-5H3,(H,26,27,28)/b13-10+. The Bertz CT molecular complexity index is 1250. The van der Waals surface area contributed by atoms with Gasteiger partial charge in [-0.05, 0) is 64.7 Å². The average molecular weight is 469 g/mol. The molecule has 0 fully saturated rings. The van der Waals surface area contributed by atoms with E-state index in [0.29, 0.717) is 30.5 Å². The number of nitrogens with zero attached hydrogens (tertiary/aromatic N) is 1. The molecule has 0 aliphatic heterocycles. The molecule has 2 heterocycles. The van der Waals surface area contributed by atoms with E-state index >= 15 is 0 Å². The van der Waals surface area contributed by atoms with Crippen LogP contribution in [0.25, 0.3) is 16.5 Å². The number of aromatic nitrogens is 1. The van der Waals surface area contributed by atoms with Crippen molar-refractivity contribution in [2.24, 2.45) is 0 Å². The minimum Gasteiger partial charge on any atom is -0.493 e. The van der Waals surface area contributed by atoms with Crippen molar-refractivity contribution in [2.75, 3.05) is 18.5 Å². The van der Waals surface area contributed by atoms with E-state index < -0.39 is 0 Å². The van der Waals surface area contributed by atoms with E-state index in [1.54, 1.807) is 13.0 Å². The first kappa shape index (κ1) is 23.0. The van der Waals surface area contributed by atoms with Crippen LogP contribution < -0.4 is 10.1 Å². The number of ether oxygens (including phenoxy) is 2. The zero-order valence-electron chi connectivity index (χ0n) is 19.5. The van der Waals surface area contributed by atoms with Crippen LogP contribution in [0.1, 0.15) is 60.6 Å². The Morgan fingerprint density at radius 1 is 1.27 bits per heavy atom. The molecule has 174 valence electrons. The third-order valence-electron chi connectivity index (χ3n) is 5.87. The number of aryl methyl sites for hydroxylation is 3. The molecule has 4 rings (SSSR count). The minimum atomic E-state index is -0.346. The first-order valence-electron chi connectivity index (χ1n) is 11.1. The number of carbonyl (C=O) groups is 2. The number of benzene rings is 1. The van der Waals surface area contributed by atoms with E-state index in [1.165, 1.54) is 11.3 Å². The average Bonchev–Trinajstić information content (AvgIpc) is 3.41. The molecule has 1 N–H and O–H groups in total. The molecule has 1 atom stereocenters. The predicted molar refractivity (Wildman–Crippen MR) is 129 cm³/mol. The molecule has 2 aromatic heterocycles. The molecule has 1 aromatic carbocycles. The van der Waals surface area contributed by atoms with Gasteiger partial charge >= 0.3 is 5.97 Å². The molecule has 0 radical (unpaired) electrons. The number of anilines is 1. The lowest BCUT2D eigenvalue weighted by molar-refractivity contribution is -0.145. The number of nitrogens with one attached hydrogen (secondary N) is 1. The number of furan rings is 1. The Labute approximate surface area is 196 Å². The van der Waals surface area contributed by atoms with Gasteiger partial charge in [-0.2, -0.15) is 0 Å². The van der Waals surface area contributed by atoms with E-state index in [-0.39, 0.29) is 17.8 Å². The highest BCUT2D eigenvalue weighted by molar-refractivity contribution is 7.16. The maximum absolute atomic E-state index is 12.8. The van der Waals surface area contributed by atoms with Crippen molar-refractivity contribution in [3.63, 3.8) is 0 Å². The summed E-state index contributed by atoms with van der Waals surface area (Å²) in [6.45, 7) is 10.4. The topological polar surface area (TPSA) is 90.7 Å². The van der Waals surface area contributed by atoms with Gasteiger partial charge in [0.05, 0.1) is 18.9 Å².